The molecule has 1 amide bonds. The van der Waals surface area contributed by atoms with Crippen LogP contribution in [-0.4, -0.2) is 5.91 Å². The van der Waals surface area contributed by atoms with Gasteiger partial charge in [0.2, 0.25) is 5.91 Å². The predicted octanol–water partition coefficient (Wildman–Crippen LogP) is 4.05. The van der Waals surface area contributed by atoms with Gasteiger partial charge in [0.1, 0.15) is 6.04 Å². The summed E-state index contributed by atoms with van der Waals surface area (Å²) < 4.78 is 0.865. The van der Waals surface area contributed by atoms with Gasteiger partial charge in [-0.25, -0.2) is 0 Å². The van der Waals surface area contributed by atoms with E-state index in [0.29, 0.717) is 5.02 Å². The molecular formula is C15H14BrClN2O. The normalized spacial score (nSPS) is 11.9. The van der Waals surface area contributed by atoms with Crippen LogP contribution in [0.4, 0.5) is 5.69 Å². The van der Waals surface area contributed by atoms with Gasteiger partial charge in [-0.2, -0.15) is 0 Å². The molecule has 1 unspecified atom stereocenters. The summed E-state index contributed by atoms with van der Waals surface area (Å²) in [5, 5.41) is 3.74. The molecule has 3 N–H and O–H groups in total. The van der Waals surface area contributed by atoms with Crippen LogP contribution in [0.1, 0.15) is 17.2 Å². The molecule has 3 nitrogen and oxygen atoms in total. The van der Waals surface area contributed by atoms with E-state index in [1.165, 1.54) is 0 Å². The van der Waals surface area contributed by atoms with Crippen LogP contribution in [0.5, 0.6) is 0 Å². The van der Waals surface area contributed by atoms with E-state index in [0.717, 1.165) is 21.3 Å². The van der Waals surface area contributed by atoms with Crippen LogP contribution in [0.25, 0.3) is 0 Å². The first-order valence-electron chi connectivity index (χ1n) is 6.05. The van der Waals surface area contributed by atoms with Crippen LogP contribution in [-0.2, 0) is 4.79 Å². The Labute approximate surface area is 131 Å². The summed E-state index contributed by atoms with van der Waals surface area (Å²) in [6, 6.07) is 12.4. The van der Waals surface area contributed by atoms with Crippen LogP contribution in [0, 0.1) is 6.92 Å². The Morgan fingerprint density at radius 2 is 2.00 bits per heavy atom. The van der Waals surface area contributed by atoms with Crippen molar-refractivity contribution in [3.63, 3.8) is 0 Å². The van der Waals surface area contributed by atoms with E-state index < -0.39 is 11.9 Å². The van der Waals surface area contributed by atoms with Crippen molar-refractivity contribution in [2.24, 2.45) is 5.73 Å². The second-order valence-electron chi connectivity index (χ2n) is 4.47. The third-order valence-electron chi connectivity index (χ3n) is 2.99. The van der Waals surface area contributed by atoms with Gasteiger partial charge in [-0.05, 0) is 52.2 Å². The lowest BCUT2D eigenvalue weighted by molar-refractivity contribution is -0.118. The van der Waals surface area contributed by atoms with Crippen molar-refractivity contribution in [3.8, 4) is 0 Å². The Kier molecular flexibility index (Phi) is 4.68. The molecule has 0 heterocycles. The number of amides is 1. The van der Waals surface area contributed by atoms with Gasteiger partial charge >= 0.3 is 0 Å². The third kappa shape index (κ3) is 3.32. The van der Waals surface area contributed by atoms with Crippen LogP contribution in [0.2, 0.25) is 5.02 Å². The first-order valence-corrected chi connectivity index (χ1v) is 7.22. The van der Waals surface area contributed by atoms with Crippen molar-refractivity contribution >= 4 is 39.1 Å². The number of anilines is 1. The highest BCUT2D eigenvalue weighted by atomic mass is 79.9. The number of aryl methyl sites for hydroxylation is 1. The molecule has 0 bridgehead atoms. The average molecular weight is 354 g/mol. The number of benzene rings is 2. The molecule has 1 atom stereocenters. The number of carbonyl (C=O) groups excluding carboxylic acids is 1. The zero-order chi connectivity index (χ0) is 14.7. The van der Waals surface area contributed by atoms with Gasteiger partial charge in [-0.3, -0.25) is 4.79 Å². The minimum Gasteiger partial charge on any atom is -0.369 e. The highest BCUT2D eigenvalue weighted by molar-refractivity contribution is 9.10. The summed E-state index contributed by atoms with van der Waals surface area (Å²) in [5.41, 5.74) is 7.99. The van der Waals surface area contributed by atoms with Crippen molar-refractivity contribution in [3.05, 3.63) is 63.1 Å². The van der Waals surface area contributed by atoms with E-state index in [9.17, 15) is 4.79 Å². The molecule has 0 saturated heterocycles. The van der Waals surface area contributed by atoms with Crippen molar-refractivity contribution in [2.45, 2.75) is 13.0 Å². The minimum atomic E-state index is -0.633. The molecule has 104 valence electrons. The molecule has 0 aliphatic rings. The van der Waals surface area contributed by atoms with Gasteiger partial charge < -0.3 is 11.1 Å². The number of carbonyl (C=O) groups is 1. The van der Waals surface area contributed by atoms with E-state index in [1.807, 2.05) is 43.3 Å². The summed E-state index contributed by atoms with van der Waals surface area (Å²) in [5.74, 6) is -0.458. The molecule has 0 spiro atoms. The number of para-hydroxylation sites is 1. The smallest absolute Gasteiger partial charge is 0.244 e. The average Bonchev–Trinajstić information content (AvgIpc) is 2.41. The summed E-state index contributed by atoms with van der Waals surface area (Å²) in [4.78, 5) is 11.7. The fraction of sp³-hybridized carbons (Fsp3) is 0.133. The maximum absolute atomic E-state index is 11.7. The second-order valence-corrected chi connectivity index (χ2v) is 5.73. The van der Waals surface area contributed by atoms with Crippen LogP contribution < -0.4 is 11.1 Å². The lowest BCUT2D eigenvalue weighted by atomic mass is 10.0. The molecule has 2 rings (SSSR count). The number of nitrogens with one attached hydrogen (secondary N) is 1. The molecule has 0 radical (unpaired) electrons. The second kappa shape index (κ2) is 6.29. The Morgan fingerprint density at radius 1 is 1.30 bits per heavy atom. The monoisotopic (exact) mass is 352 g/mol. The standard InChI is InChI=1S/C15H14BrClN2O/c1-9-6-7-10(8-12(9)17)14(15(18)20)19-13-5-3-2-4-11(13)16/h2-8,14,19H,1H3,(H2,18,20). The summed E-state index contributed by atoms with van der Waals surface area (Å²) in [6.45, 7) is 1.91. The third-order valence-corrected chi connectivity index (χ3v) is 4.09. The van der Waals surface area contributed by atoms with Crippen LogP contribution >= 0.6 is 27.5 Å². The van der Waals surface area contributed by atoms with Gasteiger partial charge in [0.15, 0.2) is 0 Å². The number of hydrogen-bond acceptors (Lipinski definition) is 2. The topological polar surface area (TPSA) is 55.1 Å². The Morgan fingerprint density at radius 3 is 2.60 bits per heavy atom. The maximum Gasteiger partial charge on any atom is 0.244 e. The molecule has 0 saturated carbocycles. The van der Waals surface area contributed by atoms with E-state index in [1.54, 1.807) is 6.07 Å². The summed E-state index contributed by atoms with van der Waals surface area (Å²) >= 11 is 9.54. The molecule has 0 aliphatic heterocycles. The van der Waals surface area contributed by atoms with E-state index in [4.69, 9.17) is 17.3 Å². The van der Waals surface area contributed by atoms with Crippen LogP contribution in [0.3, 0.4) is 0 Å². The largest absolute Gasteiger partial charge is 0.369 e. The van der Waals surface area contributed by atoms with Gasteiger partial charge in [0.25, 0.3) is 0 Å². The quantitative estimate of drug-likeness (QED) is 0.871. The molecule has 20 heavy (non-hydrogen) atoms. The first kappa shape index (κ1) is 14.9. The predicted molar refractivity (Wildman–Crippen MR) is 85.9 cm³/mol. The SMILES string of the molecule is Cc1ccc(C(Nc2ccccc2Br)C(N)=O)cc1Cl. The van der Waals surface area contributed by atoms with Crippen molar-refractivity contribution < 1.29 is 4.79 Å². The zero-order valence-electron chi connectivity index (χ0n) is 10.9. The molecule has 2 aromatic carbocycles. The number of hydrogen-bond donors (Lipinski definition) is 2. The lowest BCUT2D eigenvalue weighted by Gasteiger charge is -2.18. The number of rotatable bonds is 4. The van der Waals surface area contributed by atoms with Crippen molar-refractivity contribution in [1.82, 2.24) is 0 Å². The maximum atomic E-state index is 11.7. The fourth-order valence-corrected chi connectivity index (χ4v) is 2.43. The Bertz CT molecular complexity index is 646. The number of nitrogens with two attached hydrogens (primary N) is 1. The molecule has 5 heteroatoms. The fourth-order valence-electron chi connectivity index (χ4n) is 1.84. The van der Waals surface area contributed by atoms with E-state index >= 15 is 0 Å². The van der Waals surface area contributed by atoms with Gasteiger partial charge in [0.05, 0.1) is 0 Å². The molecule has 0 aliphatic carbocycles. The Hall–Kier alpha value is -1.52. The number of primary amides is 1. The van der Waals surface area contributed by atoms with Crippen LogP contribution in [0.15, 0.2) is 46.9 Å². The molecule has 0 fully saturated rings. The number of halogens is 2. The Balaban J connectivity index is 2.34. The molecule has 0 aromatic heterocycles. The van der Waals surface area contributed by atoms with E-state index in [-0.39, 0.29) is 0 Å². The first-order chi connectivity index (χ1) is 9.49. The molecular weight excluding hydrogens is 340 g/mol. The van der Waals surface area contributed by atoms with Gasteiger partial charge in [-0.1, -0.05) is 35.9 Å². The molecule has 2 aromatic rings. The zero-order valence-corrected chi connectivity index (χ0v) is 13.2. The van der Waals surface area contributed by atoms with Crippen molar-refractivity contribution in [1.29, 1.82) is 0 Å². The highest BCUT2D eigenvalue weighted by Gasteiger charge is 2.19. The lowest BCUT2D eigenvalue weighted by Crippen LogP contribution is -2.27. The van der Waals surface area contributed by atoms with Gasteiger partial charge in [0, 0.05) is 15.2 Å². The summed E-state index contributed by atoms with van der Waals surface area (Å²) in [6.07, 6.45) is 0. The van der Waals surface area contributed by atoms with Crippen molar-refractivity contribution in [2.75, 3.05) is 5.32 Å². The summed E-state index contributed by atoms with van der Waals surface area (Å²) in [7, 11) is 0. The van der Waals surface area contributed by atoms with Gasteiger partial charge in [-0.15, -0.1) is 0 Å². The highest BCUT2D eigenvalue weighted by Crippen LogP contribution is 2.28. The minimum absolute atomic E-state index is 0.458. The van der Waals surface area contributed by atoms with E-state index in [2.05, 4.69) is 21.2 Å².